The highest BCUT2D eigenvalue weighted by Crippen LogP contribution is 2.40. The van der Waals surface area contributed by atoms with E-state index in [1.54, 1.807) is 0 Å². The molecule has 1 aromatic rings. The molecule has 0 amide bonds. The number of hydrogen-bond acceptors (Lipinski definition) is 3. The third-order valence-corrected chi connectivity index (χ3v) is 3.46. The van der Waals surface area contributed by atoms with Gasteiger partial charge in [0.15, 0.2) is 0 Å². The van der Waals surface area contributed by atoms with Crippen molar-refractivity contribution in [3.63, 3.8) is 0 Å². The van der Waals surface area contributed by atoms with E-state index < -0.39 is 14.1 Å². The van der Waals surface area contributed by atoms with Crippen LogP contribution in [0.25, 0.3) is 0 Å². The zero-order valence-corrected chi connectivity index (χ0v) is 13.4. The van der Waals surface area contributed by atoms with E-state index in [-0.39, 0.29) is 11.8 Å². The molecule has 0 aliphatic heterocycles. The fourth-order valence-corrected chi connectivity index (χ4v) is 2.43. The first kappa shape index (κ1) is 17.2. The standard InChI is InChI=1S/C14H23O5P/c1-9(2)12-7-6-8-13(10(3)4)14(12)18-11(5)19-20(15,16)17/h6-11H,1-5H3,(H2,15,16,17). The molecule has 2 N–H and O–H groups in total. The average Bonchev–Trinajstić information content (AvgIpc) is 2.25. The lowest BCUT2D eigenvalue weighted by Gasteiger charge is -2.23. The van der Waals surface area contributed by atoms with Crippen molar-refractivity contribution in [1.29, 1.82) is 0 Å². The fourth-order valence-electron chi connectivity index (χ4n) is 2.00. The predicted octanol–water partition coefficient (Wildman–Crippen LogP) is 3.77. The molecule has 20 heavy (non-hydrogen) atoms. The summed E-state index contributed by atoms with van der Waals surface area (Å²) in [6, 6.07) is 5.87. The summed E-state index contributed by atoms with van der Waals surface area (Å²) >= 11 is 0. The highest BCUT2D eigenvalue weighted by molar-refractivity contribution is 7.46. The maximum absolute atomic E-state index is 10.9. The molecule has 0 heterocycles. The third-order valence-electron chi connectivity index (χ3n) is 2.89. The SMILES string of the molecule is CC(Oc1c(C(C)C)cccc1C(C)C)OP(=O)(O)O. The fraction of sp³-hybridized carbons (Fsp3) is 0.571. The Kier molecular flexibility index (Phi) is 5.78. The van der Waals surface area contributed by atoms with Crippen molar-refractivity contribution in [2.75, 3.05) is 0 Å². The summed E-state index contributed by atoms with van der Waals surface area (Å²) in [6.45, 7) is 9.64. The minimum absolute atomic E-state index is 0.242. The highest BCUT2D eigenvalue weighted by Gasteiger charge is 2.23. The van der Waals surface area contributed by atoms with Crippen LogP contribution in [-0.2, 0) is 9.09 Å². The molecule has 114 valence electrons. The molecule has 1 unspecified atom stereocenters. The average molecular weight is 302 g/mol. The number of phosphoric acid groups is 1. The molecule has 1 aromatic carbocycles. The van der Waals surface area contributed by atoms with Crippen molar-refractivity contribution in [1.82, 2.24) is 0 Å². The van der Waals surface area contributed by atoms with Crippen LogP contribution in [0.3, 0.4) is 0 Å². The van der Waals surface area contributed by atoms with Gasteiger partial charge >= 0.3 is 7.82 Å². The van der Waals surface area contributed by atoms with E-state index in [4.69, 9.17) is 14.5 Å². The molecular weight excluding hydrogens is 279 g/mol. The maximum Gasteiger partial charge on any atom is 0.472 e. The van der Waals surface area contributed by atoms with Crippen LogP contribution in [0.15, 0.2) is 18.2 Å². The van der Waals surface area contributed by atoms with Crippen LogP contribution in [0, 0.1) is 0 Å². The Hall–Kier alpha value is -0.870. The van der Waals surface area contributed by atoms with Crippen molar-refractivity contribution in [3.8, 4) is 5.75 Å². The van der Waals surface area contributed by atoms with E-state index in [1.807, 2.05) is 45.9 Å². The van der Waals surface area contributed by atoms with Gasteiger partial charge < -0.3 is 14.5 Å². The minimum Gasteiger partial charge on any atom is -0.464 e. The quantitative estimate of drug-likeness (QED) is 0.618. The number of hydrogen-bond donors (Lipinski definition) is 2. The lowest BCUT2D eigenvalue weighted by atomic mass is 9.94. The van der Waals surface area contributed by atoms with Crippen LogP contribution in [0.1, 0.15) is 57.6 Å². The van der Waals surface area contributed by atoms with Gasteiger partial charge in [0, 0.05) is 0 Å². The molecule has 1 atom stereocenters. The maximum atomic E-state index is 10.9. The molecule has 0 saturated carbocycles. The van der Waals surface area contributed by atoms with E-state index in [1.165, 1.54) is 6.92 Å². The van der Waals surface area contributed by atoms with Gasteiger partial charge in [-0.25, -0.2) is 9.09 Å². The normalized spacial score (nSPS) is 13.8. The molecular formula is C14H23O5P. The van der Waals surface area contributed by atoms with Gasteiger partial charge in [0.05, 0.1) is 0 Å². The minimum atomic E-state index is -4.56. The Morgan fingerprint density at radius 3 is 1.80 bits per heavy atom. The van der Waals surface area contributed by atoms with Gasteiger partial charge in [0.25, 0.3) is 0 Å². The van der Waals surface area contributed by atoms with Gasteiger partial charge in [-0.3, -0.25) is 0 Å². The van der Waals surface area contributed by atoms with E-state index in [0.29, 0.717) is 5.75 Å². The Morgan fingerprint density at radius 1 is 1.00 bits per heavy atom. The van der Waals surface area contributed by atoms with Crippen molar-refractivity contribution >= 4 is 7.82 Å². The lowest BCUT2D eigenvalue weighted by molar-refractivity contribution is -0.00234. The summed E-state index contributed by atoms with van der Waals surface area (Å²) in [7, 11) is -4.56. The first-order valence-electron chi connectivity index (χ1n) is 6.65. The van der Waals surface area contributed by atoms with Crippen LogP contribution in [-0.4, -0.2) is 16.1 Å². The number of para-hydroxylation sites is 1. The number of benzene rings is 1. The molecule has 0 radical (unpaired) electrons. The van der Waals surface area contributed by atoms with Crippen molar-refractivity contribution in [3.05, 3.63) is 29.3 Å². The Balaban J connectivity index is 3.11. The topological polar surface area (TPSA) is 76.0 Å². The molecule has 0 fully saturated rings. The van der Waals surface area contributed by atoms with Crippen LogP contribution in [0.2, 0.25) is 0 Å². The molecule has 0 aliphatic rings. The number of phosphoric ester groups is 1. The van der Waals surface area contributed by atoms with Gasteiger partial charge in [-0.15, -0.1) is 0 Å². The second kappa shape index (κ2) is 6.72. The summed E-state index contributed by atoms with van der Waals surface area (Å²) in [5.74, 6) is 1.13. The molecule has 5 nitrogen and oxygen atoms in total. The van der Waals surface area contributed by atoms with Gasteiger partial charge in [0.2, 0.25) is 6.29 Å². The molecule has 0 aliphatic carbocycles. The summed E-state index contributed by atoms with van der Waals surface area (Å²) in [5.41, 5.74) is 2.00. The molecule has 0 saturated heterocycles. The monoisotopic (exact) mass is 302 g/mol. The van der Waals surface area contributed by atoms with Crippen LogP contribution < -0.4 is 4.74 Å². The molecule has 0 bridgehead atoms. The predicted molar refractivity (Wildman–Crippen MR) is 77.8 cm³/mol. The zero-order valence-electron chi connectivity index (χ0n) is 12.5. The summed E-state index contributed by atoms with van der Waals surface area (Å²) in [6.07, 6.45) is -1.02. The number of ether oxygens (including phenoxy) is 1. The van der Waals surface area contributed by atoms with Gasteiger partial charge in [-0.1, -0.05) is 45.9 Å². The van der Waals surface area contributed by atoms with E-state index in [2.05, 4.69) is 4.52 Å². The first-order valence-corrected chi connectivity index (χ1v) is 8.18. The van der Waals surface area contributed by atoms with Crippen molar-refractivity contribution < 1.29 is 23.6 Å². The molecule has 0 aromatic heterocycles. The third kappa shape index (κ3) is 4.91. The summed E-state index contributed by atoms with van der Waals surface area (Å²) < 4.78 is 21.1. The van der Waals surface area contributed by atoms with Crippen molar-refractivity contribution in [2.45, 2.75) is 52.7 Å². The van der Waals surface area contributed by atoms with Crippen molar-refractivity contribution in [2.24, 2.45) is 0 Å². The van der Waals surface area contributed by atoms with Crippen LogP contribution in [0.5, 0.6) is 5.75 Å². The highest BCUT2D eigenvalue weighted by atomic mass is 31.2. The summed E-state index contributed by atoms with van der Waals surface area (Å²) in [5, 5.41) is 0. The van der Waals surface area contributed by atoms with Gasteiger partial charge in [-0.2, -0.15) is 0 Å². The second-order valence-corrected chi connectivity index (χ2v) is 6.55. The Bertz CT molecular complexity index is 466. The number of rotatable bonds is 6. The molecule has 1 rings (SSSR count). The van der Waals surface area contributed by atoms with E-state index in [0.717, 1.165) is 11.1 Å². The van der Waals surface area contributed by atoms with E-state index >= 15 is 0 Å². The molecule has 6 heteroatoms. The Morgan fingerprint density at radius 2 is 1.45 bits per heavy atom. The molecule has 0 spiro atoms. The van der Waals surface area contributed by atoms with Gasteiger partial charge in [0.1, 0.15) is 5.75 Å². The van der Waals surface area contributed by atoms with Crippen LogP contribution >= 0.6 is 7.82 Å². The Labute approximate surface area is 120 Å². The lowest BCUT2D eigenvalue weighted by Crippen LogP contribution is -2.17. The smallest absolute Gasteiger partial charge is 0.464 e. The van der Waals surface area contributed by atoms with Gasteiger partial charge in [-0.05, 0) is 29.9 Å². The second-order valence-electron chi connectivity index (χ2n) is 5.36. The van der Waals surface area contributed by atoms with E-state index in [9.17, 15) is 4.57 Å². The van der Waals surface area contributed by atoms with Crippen LogP contribution in [0.4, 0.5) is 0 Å². The largest absolute Gasteiger partial charge is 0.472 e. The first-order chi connectivity index (χ1) is 9.11. The summed E-state index contributed by atoms with van der Waals surface area (Å²) in [4.78, 5) is 17.7. The zero-order chi connectivity index (χ0) is 15.5.